The molecule has 1 amide bonds. The Labute approximate surface area is 104 Å². The van der Waals surface area contributed by atoms with Gasteiger partial charge in [0.05, 0.1) is 0 Å². The van der Waals surface area contributed by atoms with Crippen molar-refractivity contribution < 1.29 is 4.79 Å². The van der Waals surface area contributed by atoms with Gasteiger partial charge in [-0.25, -0.2) is 0 Å². The van der Waals surface area contributed by atoms with Gasteiger partial charge in [-0.2, -0.15) is 0 Å². The van der Waals surface area contributed by atoms with Gasteiger partial charge in [-0.1, -0.05) is 13.8 Å². The van der Waals surface area contributed by atoms with Crippen molar-refractivity contribution in [3.05, 3.63) is 11.9 Å². The Morgan fingerprint density at radius 2 is 2.18 bits per heavy atom. The molecule has 1 rings (SSSR count). The SMILES string of the molecule is C/C(N)=C/NC(C(=O)N1CCCC1C)C(C)C. The molecule has 1 saturated heterocycles. The number of carbonyl (C=O) groups is 1. The zero-order chi connectivity index (χ0) is 13.0. The summed E-state index contributed by atoms with van der Waals surface area (Å²) in [6.07, 6.45) is 3.95. The van der Waals surface area contributed by atoms with Gasteiger partial charge in [-0.05, 0) is 32.6 Å². The molecule has 98 valence electrons. The Morgan fingerprint density at radius 3 is 2.59 bits per heavy atom. The average Bonchev–Trinajstić information content (AvgIpc) is 2.63. The van der Waals surface area contributed by atoms with E-state index in [4.69, 9.17) is 5.73 Å². The third-order valence-corrected chi connectivity index (χ3v) is 3.26. The molecule has 0 aromatic rings. The molecule has 1 fully saturated rings. The smallest absolute Gasteiger partial charge is 0.245 e. The maximum Gasteiger partial charge on any atom is 0.245 e. The molecule has 0 spiro atoms. The van der Waals surface area contributed by atoms with Crippen molar-refractivity contribution in [1.29, 1.82) is 0 Å². The van der Waals surface area contributed by atoms with E-state index in [1.807, 2.05) is 11.8 Å². The van der Waals surface area contributed by atoms with Crippen LogP contribution >= 0.6 is 0 Å². The van der Waals surface area contributed by atoms with Gasteiger partial charge in [-0.15, -0.1) is 0 Å². The van der Waals surface area contributed by atoms with Crippen molar-refractivity contribution in [2.45, 2.75) is 52.6 Å². The number of nitrogens with two attached hydrogens (primary N) is 1. The van der Waals surface area contributed by atoms with Crippen LogP contribution < -0.4 is 11.1 Å². The van der Waals surface area contributed by atoms with Gasteiger partial charge in [-0.3, -0.25) is 4.79 Å². The first-order chi connectivity index (χ1) is 7.93. The van der Waals surface area contributed by atoms with E-state index < -0.39 is 0 Å². The van der Waals surface area contributed by atoms with Crippen LogP contribution in [-0.4, -0.2) is 29.4 Å². The molecule has 1 aliphatic heterocycles. The highest BCUT2D eigenvalue weighted by Gasteiger charge is 2.31. The van der Waals surface area contributed by atoms with E-state index in [0.717, 1.165) is 19.4 Å². The maximum absolute atomic E-state index is 12.4. The molecule has 17 heavy (non-hydrogen) atoms. The zero-order valence-electron chi connectivity index (χ0n) is 11.4. The number of allylic oxidation sites excluding steroid dienone is 1. The number of nitrogens with one attached hydrogen (secondary N) is 1. The van der Waals surface area contributed by atoms with Gasteiger partial charge in [0.2, 0.25) is 5.91 Å². The fraction of sp³-hybridized carbons (Fsp3) is 0.769. The first-order valence-electron chi connectivity index (χ1n) is 6.42. The van der Waals surface area contributed by atoms with E-state index in [1.54, 1.807) is 6.20 Å². The Hall–Kier alpha value is -1.19. The number of likely N-dealkylation sites (tertiary alicyclic amines) is 1. The summed E-state index contributed by atoms with van der Waals surface area (Å²) in [5.41, 5.74) is 6.29. The molecule has 4 nitrogen and oxygen atoms in total. The fourth-order valence-corrected chi connectivity index (χ4v) is 2.21. The molecule has 0 aromatic carbocycles. The summed E-state index contributed by atoms with van der Waals surface area (Å²) in [6.45, 7) is 8.92. The van der Waals surface area contributed by atoms with Crippen LogP contribution in [0.15, 0.2) is 11.9 Å². The summed E-state index contributed by atoms with van der Waals surface area (Å²) in [7, 11) is 0. The molecular weight excluding hydrogens is 214 g/mol. The molecule has 3 N–H and O–H groups in total. The number of nitrogens with zero attached hydrogens (tertiary/aromatic N) is 1. The molecule has 0 aliphatic carbocycles. The van der Waals surface area contributed by atoms with Crippen molar-refractivity contribution in [2.75, 3.05) is 6.54 Å². The lowest BCUT2D eigenvalue weighted by molar-refractivity contribution is -0.134. The van der Waals surface area contributed by atoms with Gasteiger partial charge in [0, 0.05) is 24.5 Å². The van der Waals surface area contributed by atoms with Crippen LogP contribution in [0.4, 0.5) is 0 Å². The van der Waals surface area contributed by atoms with Crippen LogP contribution in [0.3, 0.4) is 0 Å². The maximum atomic E-state index is 12.4. The summed E-state index contributed by atoms with van der Waals surface area (Å²) in [4.78, 5) is 14.4. The highest BCUT2D eigenvalue weighted by molar-refractivity contribution is 5.82. The van der Waals surface area contributed by atoms with Crippen molar-refractivity contribution in [3.8, 4) is 0 Å². The first-order valence-corrected chi connectivity index (χ1v) is 6.42. The second kappa shape index (κ2) is 5.94. The third kappa shape index (κ3) is 3.65. The number of rotatable bonds is 4. The molecular formula is C13H25N3O. The van der Waals surface area contributed by atoms with E-state index in [1.165, 1.54) is 0 Å². The number of hydrogen-bond acceptors (Lipinski definition) is 3. The van der Waals surface area contributed by atoms with E-state index in [0.29, 0.717) is 11.7 Å². The van der Waals surface area contributed by atoms with Crippen molar-refractivity contribution in [1.82, 2.24) is 10.2 Å². The Bertz CT molecular complexity index is 295. The topological polar surface area (TPSA) is 58.4 Å². The minimum Gasteiger partial charge on any atom is -0.401 e. The van der Waals surface area contributed by atoms with Gasteiger partial charge < -0.3 is 16.0 Å². The summed E-state index contributed by atoms with van der Waals surface area (Å²) in [6, 6.07) is 0.197. The van der Waals surface area contributed by atoms with Crippen LogP contribution in [0.1, 0.15) is 40.5 Å². The summed E-state index contributed by atoms with van der Waals surface area (Å²) in [5.74, 6) is 0.452. The van der Waals surface area contributed by atoms with Crippen LogP contribution in [-0.2, 0) is 4.79 Å². The molecule has 1 heterocycles. The lowest BCUT2D eigenvalue weighted by Crippen LogP contribution is -2.49. The summed E-state index contributed by atoms with van der Waals surface area (Å²) in [5, 5.41) is 3.14. The summed E-state index contributed by atoms with van der Waals surface area (Å²) >= 11 is 0. The largest absolute Gasteiger partial charge is 0.401 e. The zero-order valence-corrected chi connectivity index (χ0v) is 11.4. The van der Waals surface area contributed by atoms with Gasteiger partial charge in [0.1, 0.15) is 6.04 Å². The minimum atomic E-state index is -0.172. The average molecular weight is 239 g/mol. The van der Waals surface area contributed by atoms with Crippen LogP contribution in [0.2, 0.25) is 0 Å². The van der Waals surface area contributed by atoms with Crippen LogP contribution in [0, 0.1) is 5.92 Å². The number of carbonyl (C=O) groups excluding carboxylic acids is 1. The van der Waals surface area contributed by atoms with Crippen molar-refractivity contribution >= 4 is 5.91 Å². The molecule has 0 bridgehead atoms. The number of hydrogen-bond donors (Lipinski definition) is 2. The minimum absolute atomic E-state index is 0.172. The van der Waals surface area contributed by atoms with Gasteiger partial charge >= 0.3 is 0 Å². The van der Waals surface area contributed by atoms with E-state index in [2.05, 4.69) is 26.1 Å². The molecule has 1 aliphatic rings. The second-order valence-electron chi connectivity index (χ2n) is 5.30. The van der Waals surface area contributed by atoms with E-state index >= 15 is 0 Å². The highest BCUT2D eigenvalue weighted by Crippen LogP contribution is 2.19. The molecule has 4 heteroatoms. The molecule has 0 aromatic heterocycles. The van der Waals surface area contributed by atoms with E-state index in [9.17, 15) is 4.79 Å². The molecule has 0 saturated carbocycles. The predicted molar refractivity (Wildman–Crippen MR) is 70.1 cm³/mol. The van der Waals surface area contributed by atoms with Crippen molar-refractivity contribution in [2.24, 2.45) is 11.7 Å². The lowest BCUT2D eigenvalue weighted by Gasteiger charge is -2.29. The normalized spacial score (nSPS) is 23.0. The van der Waals surface area contributed by atoms with Crippen LogP contribution in [0.25, 0.3) is 0 Å². The summed E-state index contributed by atoms with van der Waals surface area (Å²) < 4.78 is 0. The fourth-order valence-electron chi connectivity index (χ4n) is 2.21. The highest BCUT2D eigenvalue weighted by atomic mass is 16.2. The second-order valence-corrected chi connectivity index (χ2v) is 5.30. The molecule has 2 unspecified atom stereocenters. The Balaban J connectivity index is 2.69. The Morgan fingerprint density at radius 1 is 1.53 bits per heavy atom. The van der Waals surface area contributed by atoms with E-state index in [-0.39, 0.29) is 17.9 Å². The number of amides is 1. The van der Waals surface area contributed by atoms with Gasteiger partial charge in [0.25, 0.3) is 0 Å². The predicted octanol–water partition coefficient (Wildman–Crippen LogP) is 1.43. The molecule has 2 atom stereocenters. The third-order valence-electron chi connectivity index (χ3n) is 3.26. The lowest BCUT2D eigenvalue weighted by atomic mass is 10.0. The standard InChI is InChI=1S/C13H25N3O/c1-9(2)12(15-8-10(3)14)13(17)16-7-5-6-11(16)4/h8-9,11-12,15H,5-7,14H2,1-4H3/b10-8-. The van der Waals surface area contributed by atoms with Crippen LogP contribution in [0.5, 0.6) is 0 Å². The van der Waals surface area contributed by atoms with Crippen molar-refractivity contribution in [3.63, 3.8) is 0 Å². The molecule has 0 radical (unpaired) electrons. The Kier molecular flexibility index (Phi) is 4.85. The monoisotopic (exact) mass is 239 g/mol. The quantitative estimate of drug-likeness (QED) is 0.780. The first kappa shape index (κ1) is 13.9. The van der Waals surface area contributed by atoms with Gasteiger partial charge in [0.15, 0.2) is 0 Å².